The third kappa shape index (κ3) is 20.8. The summed E-state index contributed by atoms with van der Waals surface area (Å²) < 4.78 is 92.7. The summed E-state index contributed by atoms with van der Waals surface area (Å²) in [5.74, 6) is 0.151. The zero-order chi connectivity index (χ0) is 31.1. The standard InChI is InChI=1S/C13H19F2NO2S.C12H15F2NO2S.C2H6.CH3.BrH.Mg/c1-9(16-19(17)13(2,3)4)10-6-5-7-11(8-10)18-12(14)15;1-12(2,3)18(16)15-8-9-5-4-6-10(7-9)17-11(13)14;1-2;;;/h5-9,12,16H,1-4H3;4-8,11H,1-3H3;1-2H3;1H3;1H;/q;;;-1;;+2/p-1/t9-,19+;18-;;;;/m01..../s1/i;;1D;;;. The van der Waals surface area contributed by atoms with Crippen molar-refractivity contribution in [1.29, 1.82) is 0 Å². The number of halogens is 5. The van der Waals surface area contributed by atoms with Gasteiger partial charge in [0.15, 0.2) is 0 Å². The first-order chi connectivity index (χ1) is 18.4. The number of nitrogens with zero attached hydrogens (tertiary/aromatic N) is 1. The maximum atomic E-state index is 12.1. The van der Waals surface area contributed by atoms with E-state index in [0.29, 0.717) is 12.5 Å². The van der Waals surface area contributed by atoms with Gasteiger partial charge < -0.3 is 33.9 Å². The molecular formula is C28H43BrF4MgN2O4S2. The van der Waals surface area contributed by atoms with Gasteiger partial charge in [0.05, 0.1) is 20.5 Å². The molecule has 0 aliphatic carbocycles. The quantitative estimate of drug-likeness (QED) is 0.177. The van der Waals surface area contributed by atoms with Crippen LogP contribution in [0.4, 0.5) is 17.6 Å². The van der Waals surface area contributed by atoms with E-state index in [0.717, 1.165) is 5.56 Å². The van der Waals surface area contributed by atoms with Gasteiger partial charge in [0, 0.05) is 13.6 Å². The minimum atomic E-state index is -2.86. The number of hydrogen-bond donors (Lipinski definition) is 1. The van der Waals surface area contributed by atoms with Crippen LogP contribution >= 0.6 is 0 Å². The Hall–Kier alpha value is -1.06. The average Bonchev–Trinajstić information content (AvgIpc) is 2.82. The fourth-order valence-electron chi connectivity index (χ4n) is 2.40. The van der Waals surface area contributed by atoms with E-state index in [1.54, 1.807) is 52.0 Å². The molecule has 0 bridgehead atoms. The van der Waals surface area contributed by atoms with Gasteiger partial charge in [0.1, 0.15) is 22.5 Å². The van der Waals surface area contributed by atoms with Gasteiger partial charge in [-0.2, -0.15) is 22.0 Å². The van der Waals surface area contributed by atoms with Crippen molar-refractivity contribution in [1.82, 2.24) is 4.72 Å². The van der Waals surface area contributed by atoms with E-state index in [2.05, 4.69) is 18.6 Å². The van der Waals surface area contributed by atoms with Crippen LogP contribution in [-0.4, -0.2) is 60.4 Å². The molecule has 0 aliphatic heterocycles. The molecule has 0 fully saturated rings. The van der Waals surface area contributed by atoms with Gasteiger partial charge in [0.25, 0.3) is 0 Å². The molecule has 42 heavy (non-hydrogen) atoms. The van der Waals surface area contributed by atoms with Gasteiger partial charge in [-0.25, -0.2) is 13.1 Å². The van der Waals surface area contributed by atoms with E-state index in [1.807, 2.05) is 27.7 Å². The SMILES string of the molecule is CC(C)(C)[S@@](=O)N=Cc1cccc(OC(F)F)c1.C[C@H](N[S@](=O)C(C)(C)C)c1cccc(OC(F)F)c1.[2H]CC.[Br-].[CH3-].[Mg+2]. The van der Waals surface area contributed by atoms with Crippen molar-refractivity contribution in [2.75, 3.05) is 0 Å². The molecule has 0 aromatic heterocycles. The van der Waals surface area contributed by atoms with Gasteiger partial charge in [-0.05, 0) is 83.9 Å². The van der Waals surface area contributed by atoms with Crippen LogP contribution in [0.3, 0.4) is 0 Å². The molecule has 0 saturated heterocycles. The fourth-order valence-corrected chi connectivity index (χ4v) is 3.75. The molecule has 3 atom stereocenters. The zero-order valence-corrected chi connectivity index (χ0v) is 30.3. The molecular weight excluding hydrogens is 673 g/mol. The second-order valence-electron chi connectivity index (χ2n) is 9.72. The topological polar surface area (TPSA) is 77.0 Å². The third-order valence-electron chi connectivity index (χ3n) is 4.33. The Balaban J connectivity index is -0.000000305. The molecule has 14 heteroatoms. The van der Waals surface area contributed by atoms with Gasteiger partial charge in [0.2, 0.25) is 0 Å². The summed E-state index contributed by atoms with van der Waals surface area (Å²) in [6, 6.07) is 12.2. The largest absolute Gasteiger partial charge is 2.00 e. The third-order valence-corrected chi connectivity index (χ3v) is 7.35. The Morgan fingerprint density at radius 3 is 1.79 bits per heavy atom. The Morgan fingerprint density at radius 2 is 1.36 bits per heavy atom. The van der Waals surface area contributed by atoms with Crippen molar-refractivity contribution in [2.24, 2.45) is 4.40 Å². The normalized spacial score (nSPS) is 13.4. The Kier molecular flexibility index (Phi) is 25.2. The minimum absolute atomic E-state index is 0. The first kappa shape index (κ1) is 45.4. The smallest absolute Gasteiger partial charge is 1.00 e. The van der Waals surface area contributed by atoms with Crippen LogP contribution in [0.1, 0.15) is 80.8 Å². The van der Waals surface area contributed by atoms with Gasteiger partial charge in [-0.15, -0.1) is 0 Å². The molecule has 1 N–H and O–H groups in total. The molecule has 2 rings (SSSR count). The van der Waals surface area contributed by atoms with E-state index in [4.69, 9.17) is 1.37 Å². The maximum absolute atomic E-state index is 12.1. The Bertz CT molecular complexity index is 1110. The predicted molar refractivity (Wildman–Crippen MR) is 165 cm³/mol. The molecule has 0 radical (unpaired) electrons. The second-order valence-corrected chi connectivity index (χ2v) is 13.7. The summed E-state index contributed by atoms with van der Waals surface area (Å²) in [6.07, 6.45) is 1.39. The number of rotatable bonds is 9. The van der Waals surface area contributed by atoms with Crippen LogP contribution < -0.4 is 31.2 Å². The summed E-state index contributed by atoms with van der Waals surface area (Å²) in [5.41, 5.74) is 1.31. The molecule has 2 aromatic carbocycles. The summed E-state index contributed by atoms with van der Waals surface area (Å²) in [7, 11) is -2.60. The Labute approximate surface area is 282 Å². The summed E-state index contributed by atoms with van der Waals surface area (Å²) >= 11 is 0. The Morgan fingerprint density at radius 1 is 0.905 bits per heavy atom. The van der Waals surface area contributed by atoms with Crippen molar-refractivity contribution >= 4 is 51.2 Å². The van der Waals surface area contributed by atoms with Gasteiger partial charge in [-0.3, -0.25) is 0 Å². The number of hydrogen-bond acceptors (Lipinski definition) is 4. The molecule has 0 amide bonds. The van der Waals surface area contributed by atoms with E-state index in [1.165, 1.54) is 30.5 Å². The average molecular weight is 717 g/mol. The predicted octanol–water partition coefficient (Wildman–Crippen LogP) is 4.67. The minimum Gasteiger partial charge on any atom is -1.00 e. The summed E-state index contributed by atoms with van der Waals surface area (Å²) in [6.45, 7) is 9.40. The zero-order valence-electron chi connectivity index (χ0n) is 26.6. The summed E-state index contributed by atoms with van der Waals surface area (Å²) in [5, 5.41) is 0. The molecule has 0 unspecified atom stereocenters. The second kappa shape index (κ2) is 23.3. The van der Waals surface area contributed by atoms with Crippen LogP contribution in [0.5, 0.6) is 11.5 Å². The molecule has 6 nitrogen and oxygen atoms in total. The monoisotopic (exact) mass is 715 g/mol. The molecule has 2 aromatic rings. The van der Waals surface area contributed by atoms with Crippen molar-refractivity contribution in [3.63, 3.8) is 0 Å². The van der Waals surface area contributed by atoms with E-state index >= 15 is 0 Å². The van der Waals surface area contributed by atoms with Crippen LogP contribution in [0.15, 0.2) is 52.9 Å². The van der Waals surface area contributed by atoms with Crippen LogP contribution in [-0.2, 0) is 22.0 Å². The molecule has 0 saturated carbocycles. The van der Waals surface area contributed by atoms with Crippen LogP contribution in [0, 0.1) is 7.43 Å². The maximum Gasteiger partial charge on any atom is 2.00 e. The number of benzene rings is 2. The molecule has 238 valence electrons. The van der Waals surface area contributed by atoms with Crippen molar-refractivity contribution in [3.8, 4) is 11.5 Å². The molecule has 0 spiro atoms. The van der Waals surface area contributed by atoms with Crippen LogP contribution in [0.2, 0.25) is 0 Å². The van der Waals surface area contributed by atoms with Gasteiger partial charge in [-0.1, -0.05) is 38.1 Å². The number of nitrogens with one attached hydrogen (secondary N) is 1. The number of ether oxygens (including phenoxy) is 2. The molecule has 0 aliphatic rings. The van der Waals surface area contributed by atoms with Crippen molar-refractivity contribution < 1.29 is 53.8 Å². The van der Waals surface area contributed by atoms with E-state index < -0.39 is 39.9 Å². The fraction of sp³-hybridized carbons (Fsp3) is 0.500. The number of alkyl halides is 4. The van der Waals surface area contributed by atoms with E-state index in [9.17, 15) is 26.0 Å². The molecule has 0 heterocycles. The van der Waals surface area contributed by atoms with Crippen LogP contribution in [0.25, 0.3) is 0 Å². The van der Waals surface area contributed by atoms with Crippen molar-refractivity contribution in [3.05, 3.63) is 67.1 Å². The van der Waals surface area contributed by atoms with Gasteiger partial charge >= 0.3 is 36.3 Å². The first-order valence-corrected chi connectivity index (χ1v) is 14.2. The van der Waals surface area contributed by atoms with Crippen molar-refractivity contribution in [2.45, 2.75) is 91.0 Å². The first-order valence-electron chi connectivity index (χ1n) is 12.6. The summed E-state index contributed by atoms with van der Waals surface area (Å²) in [4.78, 5) is 0. The van der Waals surface area contributed by atoms with E-state index in [-0.39, 0.29) is 69.7 Å².